The highest BCUT2D eigenvalue weighted by atomic mass is 15.1. The van der Waals surface area contributed by atoms with Crippen molar-refractivity contribution < 1.29 is 0 Å². The minimum Gasteiger partial charge on any atom is -0.378 e. The molecule has 0 aliphatic carbocycles. The zero-order valence-electron chi connectivity index (χ0n) is 13.2. The molecule has 116 valence electrons. The SMILES string of the molecule is CN(C)c1cccc(Nc2nccc(Nc3ccccc3)n2)c1. The number of hydrogen-bond acceptors (Lipinski definition) is 5. The van der Waals surface area contributed by atoms with E-state index >= 15 is 0 Å². The Morgan fingerprint density at radius 3 is 2.39 bits per heavy atom. The van der Waals surface area contributed by atoms with Crippen molar-refractivity contribution in [3.05, 3.63) is 66.9 Å². The minimum atomic E-state index is 0.557. The van der Waals surface area contributed by atoms with Crippen molar-refractivity contribution in [3.8, 4) is 0 Å². The number of hydrogen-bond donors (Lipinski definition) is 2. The van der Waals surface area contributed by atoms with Crippen molar-refractivity contribution in [2.75, 3.05) is 29.6 Å². The average molecular weight is 305 g/mol. The molecule has 0 aliphatic rings. The Labute approximate surface area is 136 Å². The normalized spacial score (nSPS) is 10.2. The summed E-state index contributed by atoms with van der Waals surface area (Å²) in [5.74, 6) is 1.30. The maximum absolute atomic E-state index is 4.49. The van der Waals surface area contributed by atoms with Crippen LogP contribution in [-0.2, 0) is 0 Å². The molecule has 3 rings (SSSR count). The fourth-order valence-corrected chi connectivity index (χ4v) is 2.15. The van der Waals surface area contributed by atoms with E-state index in [1.165, 1.54) is 0 Å². The van der Waals surface area contributed by atoms with Gasteiger partial charge in [0.05, 0.1) is 0 Å². The Bertz CT molecular complexity index is 771. The number of benzene rings is 2. The van der Waals surface area contributed by atoms with E-state index in [-0.39, 0.29) is 0 Å². The molecule has 1 aromatic heterocycles. The van der Waals surface area contributed by atoms with Crippen molar-refractivity contribution in [1.29, 1.82) is 0 Å². The highest BCUT2D eigenvalue weighted by molar-refractivity contribution is 5.63. The van der Waals surface area contributed by atoms with Gasteiger partial charge in [-0.2, -0.15) is 4.98 Å². The van der Waals surface area contributed by atoms with Crippen LogP contribution in [0.25, 0.3) is 0 Å². The summed E-state index contributed by atoms with van der Waals surface area (Å²) in [6.07, 6.45) is 1.73. The third-order valence-corrected chi connectivity index (χ3v) is 3.32. The Morgan fingerprint density at radius 1 is 0.826 bits per heavy atom. The Morgan fingerprint density at radius 2 is 1.61 bits per heavy atom. The molecule has 0 atom stereocenters. The predicted molar refractivity (Wildman–Crippen MR) is 95.8 cm³/mol. The summed E-state index contributed by atoms with van der Waals surface area (Å²) in [5, 5.41) is 6.50. The molecule has 5 nitrogen and oxygen atoms in total. The molecule has 2 aromatic carbocycles. The first-order chi connectivity index (χ1) is 11.2. The predicted octanol–water partition coefficient (Wildman–Crippen LogP) is 4.03. The molecular formula is C18H19N5. The summed E-state index contributed by atoms with van der Waals surface area (Å²) < 4.78 is 0. The fourth-order valence-electron chi connectivity index (χ4n) is 2.15. The summed E-state index contributed by atoms with van der Waals surface area (Å²) in [6, 6.07) is 19.9. The van der Waals surface area contributed by atoms with Crippen LogP contribution < -0.4 is 15.5 Å². The van der Waals surface area contributed by atoms with Crippen LogP contribution in [0.15, 0.2) is 66.9 Å². The Balaban J connectivity index is 1.76. The third-order valence-electron chi connectivity index (χ3n) is 3.32. The average Bonchev–Trinajstić information content (AvgIpc) is 2.56. The van der Waals surface area contributed by atoms with Gasteiger partial charge in [-0.1, -0.05) is 24.3 Å². The van der Waals surface area contributed by atoms with Crippen molar-refractivity contribution in [1.82, 2.24) is 9.97 Å². The van der Waals surface area contributed by atoms with Gasteiger partial charge in [-0.25, -0.2) is 4.98 Å². The van der Waals surface area contributed by atoms with E-state index in [2.05, 4.69) is 37.6 Å². The lowest BCUT2D eigenvalue weighted by atomic mass is 10.2. The smallest absolute Gasteiger partial charge is 0.229 e. The van der Waals surface area contributed by atoms with E-state index in [1.54, 1.807) is 6.20 Å². The second-order valence-electron chi connectivity index (χ2n) is 5.33. The van der Waals surface area contributed by atoms with Gasteiger partial charge < -0.3 is 15.5 Å². The van der Waals surface area contributed by atoms with Crippen LogP contribution in [0.4, 0.5) is 28.8 Å². The summed E-state index contributed by atoms with van der Waals surface area (Å²) >= 11 is 0. The van der Waals surface area contributed by atoms with E-state index in [4.69, 9.17) is 0 Å². The molecule has 0 saturated carbocycles. The molecule has 5 heteroatoms. The molecule has 0 radical (unpaired) electrons. The molecule has 0 unspecified atom stereocenters. The molecule has 0 saturated heterocycles. The molecule has 0 fully saturated rings. The first-order valence-corrected chi connectivity index (χ1v) is 7.40. The minimum absolute atomic E-state index is 0.557. The van der Waals surface area contributed by atoms with E-state index in [1.807, 2.05) is 62.6 Å². The molecule has 0 spiro atoms. The lowest BCUT2D eigenvalue weighted by molar-refractivity contribution is 1.13. The maximum atomic E-state index is 4.49. The van der Waals surface area contributed by atoms with Crippen LogP contribution in [0.3, 0.4) is 0 Å². The lowest BCUT2D eigenvalue weighted by Crippen LogP contribution is -2.08. The molecule has 2 N–H and O–H groups in total. The van der Waals surface area contributed by atoms with Crippen LogP contribution in [0.2, 0.25) is 0 Å². The number of para-hydroxylation sites is 1. The molecule has 1 heterocycles. The van der Waals surface area contributed by atoms with Gasteiger partial charge in [0, 0.05) is 37.4 Å². The van der Waals surface area contributed by atoms with Gasteiger partial charge in [-0.15, -0.1) is 0 Å². The number of nitrogens with one attached hydrogen (secondary N) is 2. The van der Waals surface area contributed by atoms with E-state index in [0.29, 0.717) is 5.95 Å². The maximum Gasteiger partial charge on any atom is 0.229 e. The molecule has 0 aliphatic heterocycles. The van der Waals surface area contributed by atoms with Gasteiger partial charge in [0.1, 0.15) is 5.82 Å². The topological polar surface area (TPSA) is 53.1 Å². The highest BCUT2D eigenvalue weighted by Crippen LogP contribution is 2.21. The van der Waals surface area contributed by atoms with Crippen LogP contribution >= 0.6 is 0 Å². The summed E-state index contributed by atoms with van der Waals surface area (Å²) in [6.45, 7) is 0. The number of aromatic nitrogens is 2. The first kappa shape index (κ1) is 14.8. The van der Waals surface area contributed by atoms with Crippen molar-refractivity contribution >= 4 is 28.8 Å². The van der Waals surface area contributed by atoms with Crippen molar-refractivity contribution in [3.63, 3.8) is 0 Å². The van der Waals surface area contributed by atoms with Gasteiger partial charge in [0.2, 0.25) is 5.95 Å². The van der Waals surface area contributed by atoms with E-state index < -0.39 is 0 Å². The zero-order chi connectivity index (χ0) is 16.1. The second kappa shape index (κ2) is 6.79. The standard InChI is InChI=1S/C18H19N5/c1-23(2)16-10-6-9-15(13-16)21-18-19-12-11-17(22-18)20-14-7-4-3-5-8-14/h3-13H,1-2H3,(H2,19,20,21,22). The second-order valence-corrected chi connectivity index (χ2v) is 5.33. The van der Waals surface area contributed by atoms with Crippen molar-refractivity contribution in [2.24, 2.45) is 0 Å². The van der Waals surface area contributed by atoms with Crippen LogP contribution in [0.1, 0.15) is 0 Å². The molecule has 3 aromatic rings. The van der Waals surface area contributed by atoms with Gasteiger partial charge in [0.15, 0.2) is 0 Å². The van der Waals surface area contributed by atoms with Crippen LogP contribution in [0, 0.1) is 0 Å². The fraction of sp³-hybridized carbons (Fsp3) is 0.111. The van der Waals surface area contributed by atoms with Gasteiger partial charge in [0.25, 0.3) is 0 Å². The van der Waals surface area contributed by atoms with Gasteiger partial charge in [-0.05, 0) is 36.4 Å². The number of rotatable bonds is 5. The number of anilines is 5. The third kappa shape index (κ3) is 3.97. The molecule has 0 amide bonds. The molecule has 23 heavy (non-hydrogen) atoms. The first-order valence-electron chi connectivity index (χ1n) is 7.40. The number of nitrogens with zero attached hydrogens (tertiary/aromatic N) is 3. The van der Waals surface area contributed by atoms with Crippen LogP contribution in [0.5, 0.6) is 0 Å². The largest absolute Gasteiger partial charge is 0.378 e. The Hall–Kier alpha value is -3.08. The zero-order valence-corrected chi connectivity index (χ0v) is 13.2. The summed E-state index contributed by atoms with van der Waals surface area (Å²) in [7, 11) is 4.03. The van der Waals surface area contributed by atoms with E-state index in [9.17, 15) is 0 Å². The lowest BCUT2D eigenvalue weighted by Gasteiger charge is -2.14. The highest BCUT2D eigenvalue weighted by Gasteiger charge is 2.02. The Kier molecular flexibility index (Phi) is 4.38. The summed E-state index contributed by atoms with van der Waals surface area (Å²) in [4.78, 5) is 10.8. The molecule has 0 bridgehead atoms. The van der Waals surface area contributed by atoms with Gasteiger partial charge >= 0.3 is 0 Å². The van der Waals surface area contributed by atoms with E-state index in [0.717, 1.165) is 22.9 Å². The monoisotopic (exact) mass is 305 g/mol. The van der Waals surface area contributed by atoms with Crippen LogP contribution in [-0.4, -0.2) is 24.1 Å². The quantitative estimate of drug-likeness (QED) is 0.745. The van der Waals surface area contributed by atoms with Crippen molar-refractivity contribution in [2.45, 2.75) is 0 Å². The van der Waals surface area contributed by atoms with Gasteiger partial charge in [-0.3, -0.25) is 0 Å². The summed E-state index contributed by atoms with van der Waals surface area (Å²) in [5.41, 5.74) is 3.06. The molecular weight excluding hydrogens is 286 g/mol.